The highest BCUT2D eigenvalue weighted by atomic mass is 32.2. The fourth-order valence-electron chi connectivity index (χ4n) is 13.3. The first-order valence-electron chi connectivity index (χ1n) is 36.9. The van der Waals surface area contributed by atoms with Crippen LogP contribution in [0.2, 0.25) is 0 Å². The first-order chi connectivity index (χ1) is 53.7. The molecule has 0 saturated carbocycles. The van der Waals surface area contributed by atoms with E-state index in [2.05, 4.69) is 79.9 Å². The molecule has 0 aliphatic carbocycles. The van der Waals surface area contributed by atoms with Crippen molar-refractivity contribution < 1.29 is 55.0 Å². The Hall–Kier alpha value is -9.80. The molecule has 8 N–H and O–H groups in total. The number of carbonyl (C=O) groups is 4. The maximum atomic E-state index is 13.9. The number of benzene rings is 4. The van der Waals surface area contributed by atoms with Gasteiger partial charge in [0.1, 0.15) is 45.8 Å². The van der Waals surface area contributed by atoms with Gasteiger partial charge in [0.2, 0.25) is 0 Å². The lowest BCUT2D eigenvalue weighted by atomic mass is 9.94. The van der Waals surface area contributed by atoms with E-state index in [1.165, 1.54) is 21.3 Å². The van der Waals surface area contributed by atoms with Crippen LogP contribution in [-0.4, -0.2) is 189 Å². The van der Waals surface area contributed by atoms with Gasteiger partial charge in [0.25, 0.3) is 23.6 Å². The minimum atomic E-state index is -2.61. The zero-order chi connectivity index (χ0) is 80.2. The second-order valence-electron chi connectivity index (χ2n) is 27.9. The quantitative estimate of drug-likeness (QED) is 0.0169. The lowest BCUT2D eigenvalue weighted by Crippen LogP contribution is -2.21. The van der Waals surface area contributed by atoms with Gasteiger partial charge in [-0.05, 0) is 122 Å². The Morgan fingerprint density at radius 1 is 0.438 bits per heavy atom. The van der Waals surface area contributed by atoms with Crippen LogP contribution in [0.25, 0.3) is 22.3 Å². The van der Waals surface area contributed by atoms with Crippen LogP contribution in [0.4, 0.5) is 22.7 Å². The molecule has 598 valence electrons. The summed E-state index contributed by atoms with van der Waals surface area (Å²) in [7, 11) is -3.25. The molecule has 8 aromatic rings. The van der Waals surface area contributed by atoms with Gasteiger partial charge in [-0.2, -0.15) is 0 Å². The SMILES string of the molecule is COc1cc(C(=O)Nc2cccc(-c3cccc(NC(=O)c4cc(OC)c(CNCCN=S(C)(=O)CC5CCS(=O)(=NCCNCc6cnc(C(=O)Nc7cccc(-c8cccc(NC(=O)c9cc(OC)c(CNCCN=S%10(=O)CCCC%10)cn9)c8C)c7C)cc6OC)C5)cn4)c3C)c2C)ncc1CNCCN=S(C)(C)=O. The highest BCUT2D eigenvalue weighted by Crippen LogP contribution is 2.37. The number of rotatable bonds is 36. The van der Waals surface area contributed by atoms with E-state index in [4.69, 9.17) is 18.9 Å². The van der Waals surface area contributed by atoms with Crippen molar-refractivity contribution in [1.29, 1.82) is 0 Å². The average molecular weight is 1610 g/mol. The Morgan fingerprint density at radius 2 is 0.741 bits per heavy atom. The van der Waals surface area contributed by atoms with Crippen molar-refractivity contribution >= 4 is 85.3 Å². The summed E-state index contributed by atoms with van der Waals surface area (Å²) in [5.74, 6) is 2.59. The van der Waals surface area contributed by atoms with E-state index in [9.17, 15) is 36.0 Å². The van der Waals surface area contributed by atoms with Crippen molar-refractivity contribution in [3.8, 4) is 45.3 Å². The number of anilines is 4. The molecular formula is C80H102N16O12S4. The fourth-order valence-corrected chi connectivity index (χ4v) is 20.5. The molecule has 0 spiro atoms. The van der Waals surface area contributed by atoms with E-state index in [1.807, 2.05) is 100 Å². The zero-order valence-electron chi connectivity index (χ0n) is 65.4. The van der Waals surface area contributed by atoms with Crippen molar-refractivity contribution in [3.63, 3.8) is 0 Å². The van der Waals surface area contributed by atoms with Gasteiger partial charge in [-0.3, -0.25) is 47.5 Å². The number of ether oxygens (including phenoxy) is 4. The van der Waals surface area contributed by atoms with Crippen LogP contribution in [0.15, 0.2) is 139 Å². The highest BCUT2D eigenvalue weighted by molar-refractivity contribution is 7.94. The molecule has 2 aliphatic rings. The van der Waals surface area contributed by atoms with Crippen LogP contribution in [-0.2, 0) is 65.1 Å². The Balaban J connectivity index is 0.645. The van der Waals surface area contributed by atoms with E-state index in [0.717, 1.165) is 68.5 Å². The smallest absolute Gasteiger partial charge is 0.274 e. The molecule has 0 bridgehead atoms. The number of amides is 4. The minimum absolute atomic E-state index is 0.0559. The van der Waals surface area contributed by atoms with Gasteiger partial charge in [-0.15, -0.1) is 0 Å². The van der Waals surface area contributed by atoms with E-state index in [0.29, 0.717) is 164 Å². The molecular weight excluding hydrogens is 1510 g/mol. The number of methoxy groups -OCH3 is 4. The third-order valence-corrected chi connectivity index (χ3v) is 27.0. The van der Waals surface area contributed by atoms with Gasteiger partial charge in [0.15, 0.2) is 0 Å². The Kier molecular flexibility index (Phi) is 29.6. The summed E-state index contributed by atoms with van der Waals surface area (Å²) in [6.07, 6.45) is 13.8. The van der Waals surface area contributed by atoms with Crippen LogP contribution in [0, 0.1) is 33.6 Å². The lowest BCUT2D eigenvalue weighted by Gasteiger charge is -2.17. The van der Waals surface area contributed by atoms with E-state index in [1.54, 1.807) is 74.9 Å². The summed E-state index contributed by atoms with van der Waals surface area (Å²) in [5.41, 5.74) is 12.5. The van der Waals surface area contributed by atoms with Crippen LogP contribution in [0.1, 0.15) is 106 Å². The number of hydrogen-bond acceptors (Lipinski definition) is 24. The lowest BCUT2D eigenvalue weighted by molar-refractivity contribution is 0.101. The second-order valence-corrected chi connectivity index (χ2v) is 38.2. The van der Waals surface area contributed by atoms with Gasteiger partial charge in [0.05, 0.1) is 54.6 Å². The third-order valence-electron chi connectivity index (χ3n) is 19.4. The highest BCUT2D eigenvalue weighted by Gasteiger charge is 2.29. The van der Waals surface area contributed by atoms with Gasteiger partial charge in [-0.1, -0.05) is 48.5 Å². The minimum Gasteiger partial charge on any atom is -0.496 e. The van der Waals surface area contributed by atoms with Crippen molar-refractivity contribution in [2.45, 2.75) is 73.1 Å². The number of nitrogens with zero attached hydrogens (tertiary/aromatic N) is 8. The Labute approximate surface area is 657 Å². The van der Waals surface area contributed by atoms with Crippen LogP contribution in [0.5, 0.6) is 23.0 Å². The predicted molar refractivity (Wildman–Crippen MR) is 446 cm³/mol. The van der Waals surface area contributed by atoms with Crippen LogP contribution < -0.4 is 61.5 Å². The first-order valence-corrected chi connectivity index (χ1v) is 45.1. The molecule has 4 amide bonds. The number of aromatic nitrogens is 4. The summed E-state index contributed by atoms with van der Waals surface area (Å²) in [6.45, 7) is 12.5. The summed E-state index contributed by atoms with van der Waals surface area (Å²) in [5, 5.41) is 25.3. The van der Waals surface area contributed by atoms with Crippen molar-refractivity contribution in [2.24, 2.45) is 23.4 Å². The predicted octanol–water partition coefficient (Wildman–Crippen LogP) is 10.5. The van der Waals surface area contributed by atoms with Crippen LogP contribution in [0.3, 0.4) is 0 Å². The standard InChI is InChI=1S/C80H102N16O12S4/c1-52-61(18-14-22-65(52)93-77(97)69-38-73(105-5)57(46-85-69)42-81-27-31-89-109(9,10)101)62-19-15-23-66(53(62)2)94-78(98)70-39-74(106-6)58(47-86-70)43-82-28-32-90-110(11,102)50-56-26-37-112(104,51-56)92-34-30-84-45-60-49-88-72(41-76(60)108-8)80(100)96-68-25-17-21-64(55(68)4)63-20-16-24-67(54(63)3)95-79(99)71-40-75(107-7)59(48-87-71)44-83-29-33-91-111(103)35-12-13-36-111/h14-25,38-41,46-49,56,81-84H,12-13,26-37,42-45,50-51H2,1-11H3,(H,93,97)(H,94,98)(H,95,99)(H,96,100). The van der Waals surface area contributed by atoms with E-state index >= 15 is 0 Å². The fraction of sp³-hybridized carbons (Fsp3) is 0.400. The molecule has 10 rings (SSSR count). The van der Waals surface area contributed by atoms with Gasteiger partial charge in [-0.25, -0.2) is 25.9 Å². The second kappa shape index (κ2) is 39.1. The summed E-state index contributed by atoms with van der Waals surface area (Å²) >= 11 is 0. The summed E-state index contributed by atoms with van der Waals surface area (Å²) in [6, 6.07) is 28.9. The Bertz CT molecular complexity index is 5310. The number of hydrogen-bond donors (Lipinski definition) is 8. The topological polar surface area (TPSA) is 371 Å². The summed E-state index contributed by atoms with van der Waals surface area (Å²) in [4.78, 5) is 72.7. The van der Waals surface area contributed by atoms with Crippen molar-refractivity contribution in [3.05, 3.63) is 189 Å². The normalized spacial score (nSPS) is 15.7. The average Bonchev–Trinajstić information content (AvgIpc) is 1.68. The summed E-state index contributed by atoms with van der Waals surface area (Å²) < 4.78 is 92.7. The number of carbonyl (C=O) groups excluding carboxylic acids is 4. The zero-order valence-corrected chi connectivity index (χ0v) is 68.6. The largest absolute Gasteiger partial charge is 0.496 e. The van der Waals surface area contributed by atoms with Gasteiger partial charge >= 0.3 is 0 Å². The molecule has 2 fully saturated rings. The molecule has 0 radical (unpaired) electrons. The van der Waals surface area contributed by atoms with E-state index < -0.39 is 62.5 Å². The third kappa shape index (κ3) is 23.0. The molecule has 2 saturated heterocycles. The van der Waals surface area contributed by atoms with Crippen LogP contribution >= 0.6 is 0 Å². The molecule has 32 heteroatoms. The molecule has 6 heterocycles. The first kappa shape index (κ1) is 84.6. The molecule has 28 nitrogen and oxygen atoms in total. The molecule has 3 atom stereocenters. The van der Waals surface area contributed by atoms with Gasteiger partial charge < -0.3 is 61.5 Å². The monoisotopic (exact) mass is 1610 g/mol. The van der Waals surface area contributed by atoms with E-state index in [-0.39, 0.29) is 35.2 Å². The molecule has 4 aromatic carbocycles. The molecule has 3 unspecified atom stereocenters. The maximum Gasteiger partial charge on any atom is 0.274 e. The molecule has 4 aromatic heterocycles. The Morgan fingerprint density at radius 3 is 1.05 bits per heavy atom. The van der Waals surface area contributed by atoms with Crippen molar-refractivity contribution in [1.82, 2.24) is 41.2 Å². The molecule has 2 aliphatic heterocycles. The molecule has 112 heavy (non-hydrogen) atoms. The number of pyridine rings is 4. The van der Waals surface area contributed by atoms with Gasteiger partial charge in [0, 0.05) is 233 Å². The van der Waals surface area contributed by atoms with Crippen molar-refractivity contribution in [2.75, 3.05) is 150 Å². The number of nitrogens with one attached hydrogen (secondary N) is 8. The maximum absolute atomic E-state index is 13.9.